The third-order valence-electron chi connectivity index (χ3n) is 3.07. The number of aromatic amines is 1. The molecule has 0 amide bonds. The summed E-state index contributed by atoms with van der Waals surface area (Å²) in [7, 11) is 0. The molecule has 0 bridgehead atoms. The van der Waals surface area contributed by atoms with Crippen LogP contribution in [-0.2, 0) is 0 Å². The molecule has 3 rings (SSSR count). The average Bonchev–Trinajstić information content (AvgIpc) is 2.93. The Hall–Kier alpha value is -2.56. The van der Waals surface area contributed by atoms with Crippen LogP contribution in [0.1, 0.15) is 13.8 Å². The number of ether oxygens (including phenoxy) is 2. The second kappa shape index (κ2) is 5.83. The molecule has 0 saturated carbocycles. The Morgan fingerprint density at radius 2 is 1.86 bits per heavy atom. The first-order valence-electron chi connectivity index (χ1n) is 7.02. The molecule has 2 aromatic heterocycles. The molecule has 21 heavy (non-hydrogen) atoms. The number of benzene rings is 1. The highest BCUT2D eigenvalue weighted by molar-refractivity contribution is 5.76. The number of nitrogens with one attached hydrogen (secondary N) is 1. The van der Waals surface area contributed by atoms with Gasteiger partial charge in [0, 0.05) is 11.8 Å². The van der Waals surface area contributed by atoms with Crippen LogP contribution in [0.5, 0.6) is 11.5 Å². The van der Waals surface area contributed by atoms with Crippen LogP contribution in [0.2, 0.25) is 0 Å². The molecule has 3 aromatic rings. The second-order valence-electron chi connectivity index (χ2n) is 4.49. The summed E-state index contributed by atoms with van der Waals surface area (Å²) in [5.74, 6) is 2.25. The normalized spacial score (nSPS) is 10.8. The fourth-order valence-electron chi connectivity index (χ4n) is 2.18. The molecule has 0 aliphatic heterocycles. The number of hydrogen-bond donors (Lipinski definition) is 1. The van der Waals surface area contributed by atoms with Crippen molar-refractivity contribution in [3.8, 4) is 22.9 Å². The molecule has 5 heteroatoms. The van der Waals surface area contributed by atoms with Crippen LogP contribution >= 0.6 is 0 Å². The van der Waals surface area contributed by atoms with Crippen LogP contribution in [0.4, 0.5) is 0 Å². The molecule has 0 saturated heterocycles. The van der Waals surface area contributed by atoms with Gasteiger partial charge in [0.1, 0.15) is 5.82 Å². The third kappa shape index (κ3) is 2.67. The average molecular weight is 283 g/mol. The number of aromatic nitrogens is 3. The van der Waals surface area contributed by atoms with Crippen LogP contribution in [-0.4, -0.2) is 28.2 Å². The number of H-pyrrole nitrogens is 1. The second-order valence-corrected chi connectivity index (χ2v) is 4.49. The Bertz CT molecular complexity index is 719. The van der Waals surface area contributed by atoms with Crippen LogP contribution in [0.25, 0.3) is 22.6 Å². The van der Waals surface area contributed by atoms with Crippen LogP contribution in [0.15, 0.2) is 36.5 Å². The van der Waals surface area contributed by atoms with Gasteiger partial charge in [0.2, 0.25) is 0 Å². The smallest absolute Gasteiger partial charge is 0.178 e. The van der Waals surface area contributed by atoms with Gasteiger partial charge >= 0.3 is 0 Å². The molecule has 108 valence electrons. The van der Waals surface area contributed by atoms with Gasteiger partial charge in [0.05, 0.1) is 18.7 Å². The van der Waals surface area contributed by atoms with E-state index in [0.29, 0.717) is 18.9 Å². The minimum absolute atomic E-state index is 0.589. The predicted octanol–water partition coefficient (Wildman–Crippen LogP) is 3.42. The van der Waals surface area contributed by atoms with Crippen molar-refractivity contribution in [1.29, 1.82) is 0 Å². The summed E-state index contributed by atoms with van der Waals surface area (Å²) >= 11 is 0. The fraction of sp³-hybridized carbons (Fsp3) is 0.250. The van der Waals surface area contributed by atoms with E-state index >= 15 is 0 Å². The van der Waals surface area contributed by atoms with E-state index in [1.165, 1.54) is 0 Å². The molecule has 0 fully saturated rings. The Morgan fingerprint density at radius 3 is 2.62 bits per heavy atom. The molecule has 0 spiro atoms. The van der Waals surface area contributed by atoms with E-state index in [1.807, 2.05) is 44.2 Å². The van der Waals surface area contributed by atoms with Gasteiger partial charge in [-0.25, -0.2) is 9.97 Å². The van der Waals surface area contributed by atoms with Crippen molar-refractivity contribution in [3.63, 3.8) is 0 Å². The highest BCUT2D eigenvalue weighted by Crippen LogP contribution is 2.32. The van der Waals surface area contributed by atoms with Gasteiger partial charge in [-0.3, -0.25) is 0 Å². The number of nitrogens with zero attached hydrogens (tertiary/aromatic N) is 2. The van der Waals surface area contributed by atoms with Crippen molar-refractivity contribution in [2.45, 2.75) is 13.8 Å². The summed E-state index contributed by atoms with van der Waals surface area (Å²) in [6.07, 6.45) is 1.73. The van der Waals surface area contributed by atoms with Crippen molar-refractivity contribution in [2.24, 2.45) is 0 Å². The van der Waals surface area contributed by atoms with E-state index in [-0.39, 0.29) is 0 Å². The topological polar surface area (TPSA) is 60.0 Å². The summed E-state index contributed by atoms with van der Waals surface area (Å²) in [5.41, 5.74) is 2.57. The molecular formula is C16H17N3O2. The monoisotopic (exact) mass is 283 g/mol. The number of rotatable bonds is 5. The van der Waals surface area contributed by atoms with Gasteiger partial charge in [-0.2, -0.15) is 0 Å². The first-order valence-corrected chi connectivity index (χ1v) is 7.02. The highest BCUT2D eigenvalue weighted by atomic mass is 16.5. The lowest BCUT2D eigenvalue weighted by atomic mass is 10.2. The Morgan fingerprint density at radius 1 is 1.05 bits per heavy atom. The minimum Gasteiger partial charge on any atom is -0.490 e. The van der Waals surface area contributed by atoms with Gasteiger partial charge in [0.15, 0.2) is 17.1 Å². The fourth-order valence-corrected chi connectivity index (χ4v) is 2.18. The highest BCUT2D eigenvalue weighted by Gasteiger charge is 2.10. The van der Waals surface area contributed by atoms with E-state index in [1.54, 1.807) is 6.20 Å². The largest absolute Gasteiger partial charge is 0.490 e. The summed E-state index contributed by atoms with van der Waals surface area (Å²) in [5, 5.41) is 0. The molecule has 1 N–H and O–H groups in total. The summed E-state index contributed by atoms with van der Waals surface area (Å²) in [4.78, 5) is 12.0. The Kier molecular flexibility index (Phi) is 3.73. The minimum atomic E-state index is 0.589. The van der Waals surface area contributed by atoms with Crippen LogP contribution in [0, 0.1) is 0 Å². The van der Waals surface area contributed by atoms with Crippen molar-refractivity contribution < 1.29 is 9.47 Å². The van der Waals surface area contributed by atoms with Crippen LogP contribution < -0.4 is 9.47 Å². The summed E-state index contributed by atoms with van der Waals surface area (Å²) in [6.45, 7) is 5.10. The van der Waals surface area contributed by atoms with Gasteiger partial charge < -0.3 is 14.5 Å². The third-order valence-corrected chi connectivity index (χ3v) is 3.07. The number of hydrogen-bond acceptors (Lipinski definition) is 4. The van der Waals surface area contributed by atoms with Crippen molar-refractivity contribution in [2.75, 3.05) is 13.2 Å². The molecular weight excluding hydrogens is 266 g/mol. The zero-order chi connectivity index (χ0) is 14.7. The maximum Gasteiger partial charge on any atom is 0.178 e. The molecule has 2 heterocycles. The van der Waals surface area contributed by atoms with Crippen molar-refractivity contribution in [3.05, 3.63) is 36.5 Å². The van der Waals surface area contributed by atoms with Gasteiger partial charge in [-0.15, -0.1) is 0 Å². The number of imidazole rings is 1. The number of fused-ring (bicyclic) bond motifs is 1. The molecule has 5 nitrogen and oxygen atoms in total. The standard InChI is InChI=1S/C16H17N3O2/c1-3-20-13-8-7-11(10-14(13)21-4-2)15-18-12-6-5-9-17-16(12)19-15/h5-10H,3-4H2,1-2H3,(H,17,18,19). The van der Waals surface area contributed by atoms with Crippen molar-refractivity contribution in [1.82, 2.24) is 15.0 Å². The lowest BCUT2D eigenvalue weighted by molar-refractivity contribution is 0.288. The molecule has 0 aliphatic carbocycles. The van der Waals surface area contributed by atoms with E-state index in [4.69, 9.17) is 9.47 Å². The first-order chi connectivity index (χ1) is 10.3. The number of pyridine rings is 1. The van der Waals surface area contributed by atoms with E-state index in [2.05, 4.69) is 15.0 Å². The zero-order valence-corrected chi connectivity index (χ0v) is 12.1. The van der Waals surface area contributed by atoms with Crippen molar-refractivity contribution >= 4 is 11.2 Å². The molecule has 0 aliphatic rings. The van der Waals surface area contributed by atoms with Crippen LogP contribution in [0.3, 0.4) is 0 Å². The SMILES string of the molecule is CCOc1ccc(-c2nc3ncccc3[nH]2)cc1OCC. The molecule has 0 atom stereocenters. The van der Waals surface area contributed by atoms with E-state index in [9.17, 15) is 0 Å². The molecule has 1 aromatic carbocycles. The first kappa shape index (κ1) is 13.4. The zero-order valence-electron chi connectivity index (χ0n) is 12.1. The maximum atomic E-state index is 5.64. The Balaban J connectivity index is 2.03. The van der Waals surface area contributed by atoms with E-state index in [0.717, 1.165) is 28.4 Å². The van der Waals surface area contributed by atoms with E-state index < -0.39 is 0 Å². The maximum absolute atomic E-state index is 5.64. The molecule has 0 unspecified atom stereocenters. The van der Waals surface area contributed by atoms with Gasteiger partial charge in [-0.05, 0) is 44.2 Å². The molecule has 0 radical (unpaired) electrons. The lowest BCUT2D eigenvalue weighted by Crippen LogP contribution is -1.98. The Labute approximate surface area is 123 Å². The summed E-state index contributed by atoms with van der Waals surface area (Å²) < 4.78 is 11.2. The van der Waals surface area contributed by atoms with Gasteiger partial charge in [0.25, 0.3) is 0 Å². The quantitative estimate of drug-likeness (QED) is 0.779. The summed E-state index contributed by atoms with van der Waals surface area (Å²) in [6, 6.07) is 9.65. The lowest BCUT2D eigenvalue weighted by Gasteiger charge is -2.11. The predicted molar refractivity (Wildman–Crippen MR) is 81.7 cm³/mol. The van der Waals surface area contributed by atoms with Gasteiger partial charge in [-0.1, -0.05) is 0 Å².